The number of hydrogen-bond acceptors (Lipinski definition) is 5. The fourth-order valence-electron chi connectivity index (χ4n) is 1.14. The predicted octanol–water partition coefficient (Wildman–Crippen LogP) is -0.213. The predicted molar refractivity (Wildman–Crippen MR) is 64.8 cm³/mol. The number of aromatic nitrogens is 2. The highest BCUT2D eigenvalue weighted by Gasteiger charge is 2.07. The quantitative estimate of drug-likeness (QED) is 0.614. The first-order valence-corrected chi connectivity index (χ1v) is 5.06. The summed E-state index contributed by atoms with van der Waals surface area (Å²) in [5, 5.41) is 2.98. The van der Waals surface area contributed by atoms with E-state index in [9.17, 15) is 4.79 Å². The van der Waals surface area contributed by atoms with Crippen molar-refractivity contribution in [2.45, 2.75) is 19.4 Å². The van der Waals surface area contributed by atoms with Crippen LogP contribution in [0.3, 0.4) is 0 Å². The van der Waals surface area contributed by atoms with Crippen LogP contribution in [0.15, 0.2) is 12.4 Å². The summed E-state index contributed by atoms with van der Waals surface area (Å²) in [5.41, 5.74) is 10.9. The Balaban J connectivity index is 2.61. The second kappa shape index (κ2) is 5.36. The van der Waals surface area contributed by atoms with Crippen LogP contribution in [0.25, 0.3) is 0 Å². The number of nitrogens with one attached hydrogen (secondary N) is 1. The largest absolute Gasteiger partial charge is 0.388 e. The van der Waals surface area contributed by atoms with Crippen LogP contribution in [0.1, 0.15) is 19.0 Å². The van der Waals surface area contributed by atoms with Crippen molar-refractivity contribution >= 4 is 28.9 Å². The Kier molecular flexibility index (Phi) is 4.12. The van der Waals surface area contributed by atoms with Gasteiger partial charge in [-0.1, -0.05) is 12.2 Å². The van der Waals surface area contributed by atoms with Crippen LogP contribution in [0.2, 0.25) is 0 Å². The van der Waals surface area contributed by atoms with Crippen molar-refractivity contribution in [2.24, 2.45) is 11.5 Å². The van der Waals surface area contributed by atoms with Gasteiger partial charge in [-0.3, -0.25) is 4.79 Å². The number of primary amides is 1. The molecule has 0 radical (unpaired) electrons. The van der Waals surface area contributed by atoms with Crippen LogP contribution in [-0.2, 0) is 4.79 Å². The standard InChI is InChI=1S/C9H13N5OS/c1-5(2-7(10)15)14-8-4-12-6(3-13-8)9(11)16/h3-5H,2H2,1H3,(H2,10,15)(H2,11,16)(H,13,14). The van der Waals surface area contributed by atoms with E-state index in [1.165, 1.54) is 12.4 Å². The molecule has 0 bridgehead atoms. The minimum atomic E-state index is -0.368. The molecule has 1 atom stereocenters. The summed E-state index contributed by atoms with van der Waals surface area (Å²) in [6.45, 7) is 1.83. The maximum atomic E-state index is 10.7. The molecule has 1 rings (SSSR count). The number of rotatable bonds is 5. The van der Waals surface area contributed by atoms with Gasteiger partial charge in [-0.2, -0.15) is 0 Å². The molecule has 5 N–H and O–H groups in total. The number of nitrogens with zero attached hydrogens (tertiary/aromatic N) is 2. The zero-order valence-corrected chi connectivity index (χ0v) is 9.62. The average Bonchev–Trinajstić information content (AvgIpc) is 2.16. The number of carbonyl (C=O) groups excluding carboxylic acids is 1. The van der Waals surface area contributed by atoms with Crippen molar-refractivity contribution in [3.63, 3.8) is 0 Å². The van der Waals surface area contributed by atoms with Crippen LogP contribution in [0.5, 0.6) is 0 Å². The van der Waals surface area contributed by atoms with Gasteiger partial charge in [0.25, 0.3) is 0 Å². The topological polar surface area (TPSA) is 107 Å². The Labute approximate surface area is 98.4 Å². The van der Waals surface area contributed by atoms with Gasteiger partial charge in [-0.15, -0.1) is 0 Å². The number of anilines is 1. The van der Waals surface area contributed by atoms with Crippen molar-refractivity contribution in [1.82, 2.24) is 9.97 Å². The summed E-state index contributed by atoms with van der Waals surface area (Å²) < 4.78 is 0. The van der Waals surface area contributed by atoms with E-state index in [0.717, 1.165) is 0 Å². The summed E-state index contributed by atoms with van der Waals surface area (Å²) in [6.07, 6.45) is 3.21. The highest BCUT2D eigenvalue weighted by atomic mass is 32.1. The molecule has 0 spiro atoms. The second-order valence-corrected chi connectivity index (χ2v) is 3.81. The molecule has 6 nitrogen and oxygen atoms in total. The molecule has 86 valence electrons. The maximum absolute atomic E-state index is 10.7. The molecule has 1 amide bonds. The van der Waals surface area contributed by atoms with Crippen molar-refractivity contribution in [3.8, 4) is 0 Å². The van der Waals surface area contributed by atoms with Crippen molar-refractivity contribution in [2.75, 3.05) is 5.32 Å². The molecule has 0 aromatic carbocycles. The first kappa shape index (κ1) is 12.3. The molecular weight excluding hydrogens is 226 g/mol. The van der Waals surface area contributed by atoms with Gasteiger partial charge in [-0.25, -0.2) is 9.97 Å². The van der Waals surface area contributed by atoms with Crippen LogP contribution >= 0.6 is 12.2 Å². The highest BCUT2D eigenvalue weighted by Crippen LogP contribution is 2.04. The lowest BCUT2D eigenvalue weighted by Crippen LogP contribution is -2.24. The first-order valence-electron chi connectivity index (χ1n) is 4.65. The zero-order valence-electron chi connectivity index (χ0n) is 8.80. The lowest BCUT2D eigenvalue weighted by Gasteiger charge is -2.12. The summed E-state index contributed by atoms with van der Waals surface area (Å²) in [6, 6.07) is -0.0949. The van der Waals surface area contributed by atoms with Crippen LogP contribution in [-0.4, -0.2) is 26.9 Å². The molecule has 1 heterocycles. The van der Waals surface area contributed by atoms with Gasteiger partial charge in [0.2, 0.25) is 5.91 Å². The number of amides is 1. The van der Waals surface area contributed by atoms with Crippen molar-refractivity contribution in [1.29, 1.82) is 0 Å². The molecule has 0 aliphatic carbocycles. The van der Waals surface area contributed by atoms with E-state index in [1.54, 1.807) is 0 Å². The van der Waals surface area contributed by atoms with Crippen LogP contribution < -0.4 is 16.8 Å². The smallest absolute Gasteiger partial charge is 0.219 e. The molecule has 1 aromatic rings. The van der Waals surface area contributed by atoms with E-state index >= 15 is 0 Å². The molecule has 1 aromatic heterocycles. The van der Waals surface area contributed by atoms with Crippen molar-refractivity contribution < 1.29 is 4.79 Å². The van der Waals surface area contributed by atoms with Crippen LogP contribution in [0, 0.1) is 0 Å². The highest BCUT2D eigenvalue weighted by molar-refractivity contribution is 7.80. The summed E-state index contributed by atoms with van der Waals surface area (Å²) in [4.78, 5) is 18.9. The summed E-state index contributed by atoms with van der Waals surface area (Å²) in [7, 11) is 0. The molecule has 16 heavy (non-hydrogen) atoms. The number of hydrogen-bond donors (Lipinski definition) is 3. The van der Waals surface area contributed by atoms with Gasteiger partial charge >= 0.3 is 0 Å². The van der Waals surface area contributed by atoms with E-state index in [2.05, 4.69) is 15.3 Å². The van der Waals surface area contributed by atoms with Gasteiger partial charge in [0.05, 0.1) is 12.4 Å². The van der Waals surface area contributed by atoms with Crippen LogP contribution in [0.4, 0.5) is 5.82 Å². The van der Waals surface area contributed by atoms with Gasteiger partial charge in [0.1, 0.15) is 16.5 Å². The van der Waals surface area contributed by atoms with E-state index in [0.29, 0.717) is 11.5 Å². The molecule has 7 heteroatoms. The van der Waals surface area contributed by atoms with E-state index in [-0.39, 0.29) is 23.4 Å². The molecule has 1 unspecified atom stereocenters. The Morgan fingerprint density at radius 2 is 2.19 bits per heavy atom. The Morgan fingerprint density at radius 1 is 1.50 bits per heavy atom. The monoisotopic (exact) mass is 239 g/mol. The van der Waals surface area contributed by atoms with Gasteiger partial charge in [-0.05, 0) is 6.92 Å². The SMILES string of the molecule is CC(CC(N)=O)Nc1cnc(C(N)=S)cn1. The third-order valence-electron chi connectivity index (χ3n) is 1.81. The van der Waals surface area contributed by atoms with E-state index < -0.39 is 0 Å². The molecule has 0 saturated carbocycles. The van der Waals surface area contributed by atoms with Crippen molar-refractivity contribution in [3.05, 3.63) is 18.1 Å². The maximum Gasteiger partial charge on any atom is 0.219 e. The van der Waals surface area contributed by atoms with Gasteiger partial charge < -0.3 is 16.8 Å². The normalized spacial score (nSPS) is 11.8. The Morgan fingerprint density at radius 3 is 2.62 bits per heavy atom. The number of thiocarbonyl (C=S) groups is 1. The fourth-order valence-corrected chi connectivity index (χ4v) is 1.24. The first-order chi connectivity index (χ1) is 7.49. The van der Waals surface area contributed by atoms with E-state index in [4.69, 9.17) is 23.7 Å². The molecular formula is C9H13N5OS. The molecule has 0 saturated heterocycles. The lowest BCUT2D eigenvalue weighted by molar-refractivity contribution is -0.118. The molecule has 0 aliphatic rings. The Hall–Kier alpha value is -1.76. The van der Waals surface area contributed by atoms with E-state index in [1.807, 2.05) is 6.92 Å². The summed E-state index contributed by atoms with van der Waals surface area (Å²) >= 11 is 4.74. The third-order valence-corrected chi connectivity index (χ3v) is 2.02. The summed E-state index contributed by atoms with van der Waals surface area (Å²) in [5.74, 6) is 0.182. The lowest BCUT2D eigenvalue weighted by atomic mass is 10.2. The number of carbonyl (C=O) groups is 1. The molecule has 0 fully saturated rings. The second-order valence-electron chi connectivity index (χ2n) is 3.37. The minimum absolute atomic E-state index is 0.0949. The van der Waals surface area contributed by atoms with Gasteiger partial charge in [0.15, 0.2) is 0 Å². The number of nitrogens with two attached hydrogens (primary N) is 2. The minimum Gasteiger partial charge on any atom is -0.388 e. The van der Waals surface area contributed by atoms with Gasteiger partial charge in [0, 0.05) is 12.5 Å². The fraction of sp³-hybridized carbons (Fsp3) is 0.333. The average molecular weight is 239 g/mol. The third kappa shape index (κ3) is 3.77. The molecule has 0 aliphatic heterocycles. The Bertz CT molecular complexity index is 391. The zero-order chi connectivity index (χ0) is 12.1.